The summed E-state index contributed by atoms with van der Waals surface area (Å²) in [5, 5.41) is 11.8. The average Bonchev–Trinajstić information content (AvgIpc) is 2.63. The van der Waals surface area contributed by atoms with Gasteiger partial charge < -0.3 is 15.3 Å². The minimum absolute atomic E-state index is 0.0920. The number of carbonyl (C=O) groups is 2. The molecule has 124 valence electrons. The van der Waals surface area contributed by atoms with Crippen LogP contribution in [0.5, 0.6) is 0 Å². The maximum absolute atomic E-state index is 12.8. The van der Waals surface area contributed by atoms with Gasteiger partial charge in [0.15, 0.2) is 0 Å². The second-order valence-electron chi connectivity index (χ2n) is 5.85. The molecular weight excluding hydrogens is 304 g/mol. The summed E-state index contributed by atoms with van der Waals surface area (Å²) in [6.45, 7) is 0.0710. The highest BCUT2D eigenvalue weighted by Crippen LogP contribution is 2.41. The Morgan fingerprint density at radius 3 is 2.50 bits per heavy atom. The van der Waals surface area contributed by atoms with E-state index in [-0.39, 0.29) is 31.0 Å². The highest BCUT2D eigenvalue weighted by Gasteiger charge is 2.42. The van der Waals surface area contributed by atoms with E-state index in [1.807, 2.05) is 42.5 Å². The van der Waals surface area contributed by atoms with Gasteiger partial charge in [0, 0.05) is 19.2 Å². The van der Waals surface area contributed by atoms with Gasteiger partial charge in [-0.15, -0.1) is 0 Å². The Balaban J connectivity index is 2.11. The van der Waals surface area contributed by atoms with Crippen molar-refractivity contribution in [2.45, 2.75) is 12.0 Å². The zero-order chi connectivity index (χ0) is 17.1. The lowest BCUT2D eigenvalue weighted by Gasteiger charge is -2.39. The van der Waals surface area contributed by atoms with Crippen LogP contribution in [0.25, 0.3) is 0 Å². The first-order chi connectivity index (χ1) is 11.6. The Morgan fingerprint density at radius 1 is 1.12 bits per heavy atom. The number of hydrogen-bond acceptors (Lipinski definition) is 3. The number of amides is 2. The van der Waals surface area contributed by atoms with E-state index < -0.39 is 5.92 Å². The van der Waals surface area contributed by atoms with Gasteiger partial charge in [0.1, 0.15) is 0 Å². The fourth-order valence-corrected chi connectivity index (χ4v) is 3.31. The Bertz CT molecular complexity index is 745. The maximum Gasteiger partial charge on any atom is 0.254 e. The van der Waals surface area contributed by atoms with E-state index in [9.17, 15) is 9.59 Å². The van der Waals surface area contributed by atoms with E-state index in [0.29, 0.717) is 5.56 Å². The number of benzene rings is 2. The molecule has 2 unspecified atom stereocenters. The van der Waals surface area contributed by atoms with Crippen molar-refractivity contribution in [1.29, 1.82) is 0 Å². The van der Waals surface area contributed by atoms with Gasteiger partial charge in [-0.05, 0) is 17.2 Å². The average molecular weight is 324 g/mol. The quantitative estimate of drug-likeness (QED) is 0.899. The van der Waals surface area contributed by atoms with E-state index in [1.165, 1.54) is 0 Å². The van der Waals surface area contributed by atoms with E-state index in [2.05, 4.69) is 5.32 Å². The smallest absolute Gasteiger partial charge is 0.254 e. The molecule has 5 nitrogen and oxygen atoms in total. The standard InChI is InChI=1S/C19H20N2O3/c1-21-17(13-7-3-2-4-8-13)16(18(23)20-11-12-22)14-9-5-6-10-15(14)19(21)24/h2-10,16-17,22H,11-12H2,1H3,(H,20,23). The normalized spacial score (nSPS) is 19.8. The van der Waals surface area contributed by atoms with E-state index in [0.717, 1.165) is 11.1 Å². The highest BCUT2D eigenvalue weighted by molar-refractivity contribution is 6.01. The molecule has 2 amide bonds. The lowest BCUT2D eigenvalue weighted by atomic mass is 9.79. The van der Waals surface area contributed by atoms with Crippen molar-refractivity contribution < 1.29 is 14.7 Å². The summed E-state index contributed by atoms with van der Waals surface area (Å²) in [5.41, 5.74) is 2.19. The van der Waals surface area contributed by atoms with Crippen LogP contribution in [0.3, 0.4) is 0 Å². The zero-order valence-corrected chi connectivity index (χ0v) is 13.5. The summed E-state index contributed by atoms with van der Waals surface area (Å²) < 4.78 is 0. The summed E-state index contributed by atoms with van der Waals surface area (Å²) in [5.74, 6) is -0.798. The lowest BCUT2D eigenvalue weighted by Crippen LogP contribution is -2.46. The van der Waals surface area contributed by atoms with Crippen LogP contribution in [0.1, 0.15) is 33.4 Å². The Hall–Kier alpha value is -2.66. The second kappa shape index (κ2) is 6.84. The van der Waals surface area contributed by atoms with Crippen LogP contribution >= 0.6 is 0 Å². The number of fused-ring (bicyclic) bond motifs is 1. The number of likely N-dealkylation sites (N-methyl/N-ethyl adjacent to an activating group) is 1. The molecule has 24 heavy (non-hydrogen) atoms. The number of nitrogens with zero attached hydrogens (tertiary/aromatic N) is 1. The van der Waals surface area contributed by atoms with Crippen molar-refractivity contribution in [3.05, 3.63) is 71.3 Å². The van der Waals surface area contributed by atoms with Crippen LogP contribution in [0.4, 0.5) is 0 Å². The van der Waals surface area contributed by atoms with Crippen molar-refractivity contribution in [3.8, 4) is 0 Å². The number of rotatable bonds is 4. The molecular formula is C19H20N2O3. The third-order valence-electron chi connectivity index (χ3n) is 4.41. The molecule has 0 saturated heterocycles. The maximum atomic E-state index is 12.8. The number of nitrogens with one attached hydrogen (secondary N) is 1. The fourth-order valence-electron chi connectivity index (χ4n) is 3.31. The summed E-state index contributed by atoms with van der Waals surface area (Å²) in [4.78, 5) is 27.2. The first-order valence-corrected chi connectivity index (χ1v) is 7.94. The van der Waals surface area contributed by atoms with Crippen LogP contribution < -0.4 is 5.32 Å². The van der Waals surface area contributed by atoms with Crippen LogP contribution in [-0.2, 0) is 4.79 Å². The fraction of sp³-hybridized carbons (Fsp3) is 0.263. The minimum Gasteiger partial charge on any atom is -0.395 e. The van der Waals surface area contributed by atoms with Crippen molar-refractivity contribution in [2.75, 3.05) is 20.2 Å². The third-order valence-corrected chi connectivity index (χ3v) is 4.41. The number of hydrogen-bond donors (Lipinski definition) is 2. The Labute approximate surface area is 140 Å². The second-order valence-corrected chi connectivity index (χ2v) is 5.85. The molecule has 0 bridgehead atoms. The molecule has 1 aliphatic rings. The van der Waals surface area contributed by atoms with Crippen molar-refractivity contribution >= 4 is 11.8 Å². The molecule has 0 radical (unpaired) electrons. The monoisotopic (exact) mass is 324 g/mol. The summed E-state index contributed by atoms with van der Waals surface area (Å²) in [6, 6.07) is 16.4. The number of aliphatic hydroxyl groups excluding tert-OH is 1. The topological polar surface area (TPSA) is 69.6 Å². The van der Waals surface area contributed by atoms with Gasteiger partial charge in [0.05, 0.1) is 18.6 Å². The third kappa shape index (κ3) is 2.78. The molecule has 2 aromatic carbocycles. The predicted octanol–water partition coefficient (Wildman–Crippen LogP) is 1.71. The van der Waals surface area contributed by atoms with Crippen LogP contribution in [0.15, 0.2) is 54.6 Å². The van der Waals surface area contributed by atoms with Gasteiger partial charge in [-0.25, -0.2) is 0 Å². The molecule has 1 heterocycles. The molecule has 1 aliphatic heterocycles. The van der Waals surface area contributed by atoms with Crippen LogP contribution in [0.2, 0.25) is 0 Å². The number of carbonyl (C=O) groups excluding carboxylic acids is 2. The first-order valence-electron chi connectivity index (χ1n) is 7.94. The Kier molecular flexibility index (Phi) is 4.62. The van der Waals surface area contributed by atoms with Gasteiger partial charge in [-0.1, -0.05) is 48.5 Å². The van der Waals surface area contributed by atoms with Gasteiger partial charge in [-0.3, -0.25) is 9.59 Å². The summed E-state index contributed by atoms with van der Waals surface area (Å²) >= 11 is 0. The Morgan fingerprint density at radius 2 is 1.79 bits per heavy atom. The molecule has 2 aromatic rings. The molecule has 0 spiro atoms. The molecule has 0 fully saturated rings. The van der Waals surface area contributed by atoms with Gasteiger partial charge in [0.25, 0.3) is 5.91 Å². The minimum atomic E-state index is -0.516. The van der Waals surface area contributed by atoms with Gasteiger partial charge in [-0.2, -0.15) is 0 Å². The van der Waals surface area contributed by atoms with E-state index >= 15 is 0 Å². The molecule has 2 N–H and O–H groups in total. The molecule has 0 aromatic heterocycles. The van der Waals surface area contributed by atoms with E-state index in [4.69, 9.17) is 5.11 Å². The van der Waals surface area contributed by atoms with Crippen molar-refractivity contribution in [3.63, 3.8) is 0 Å². The molecule has 2 atom stereocenters. The predicted molar refractivity (Wildman–Crippen MR) is 90.6 cm³/mol. The van der Waals surface area contributed by atoms with Crippen LogP contribution in [-0.4, -0.2) is 42.0 Å². The van der Waals surface area contributed by atoms with Gasteiger partial charge >= 0.3 is 0 Å². The van der Waals surface area contributed by atoms with Crippen LogP contribution in [0, 0.1) is 0 Å². The lowest BCUT2D eigenvalue weighted by molar-refractivity contribution is -0.124. The van der Waals surface area contributed by atoms with Crippen molar-refractivity contribution in [1.82, 2.24) is 10.2 Å². The number of aliphatic hydroxyl groups is 1. The summed E-state index contributed by atoms with van der Waals surface area (Å²) in [7, 11) is 1.72. The highest BCUT2D eigenvalue weighted by atomic mass is 16.3. The zero-order valence-electron chi connectivity index (χ0n) is 13.5. The molecule has 5 heteroatoms. The molecule has 0 saturated carbocycles. The first kappa shape index (κ1) is 16.2. The van der Waals surface area contributed by atoms with Gasteiger partial charge in [0.2, 0.25) is 5.91 Å². The summed E-state index contributed by atoms with van der Waals surface area (Å²) in [6.07, 6.45) is 0. The molecule has 3 rings (SSSR count). The van der Waals surface area contributed by atoms with Crippen molar-refractivity contribution in [2.24, 2.45) is 0 Å². The largest absolute Gasteiger partial charge is 0.395 e. The van der Waals surface area contributed by atoms with E-state index in [1.54, 1.807) is 24.1 Å². The SMILES string of the molecule is CN1C(=O)c2ccccc2C(C(=O)NCCO)C1c1ccccc1. The molecule has 0 aliphatic carbocycles.